The topological polar surface area (TPSA) is 146 Å². The second kappa shape index (κ2) is 10.1. The number of rotatable bonds is 8. The molecule has 9 heteroatoms. The Hall–Kier alpha value is -3.43. The second-order valence-corrected chi connectivity index (χ2v) is 7.67. The van der Waals surface area contributed by atoms with Crippen LogP contribution in [-0.4, -0.2) is 55.3 Å². The molecular weight excluding hydrogens is 394 g/mol. The van der Waals surface area contributed by atoms with E-state index in [0.29, 0.717) is 6.54 Å². The Morgan fingerprint density at radius 1 is 1.03 bits per heavy atom. The third-order valence-corrected chi connectivity index (χ3v) is 5.34. The van der Waals surface area contributed by atoms with Gasteiger partial charge in [-0.2, -0.15) is 0 Å². The quantitative estimate of drug-likeness (QED) is 0.261. The Kier molecular flexibility index (Phi) is 7.22. The van der Waals surface area contributed by atoms with E-state index >= 15 is 0 Å². The average Bonchev–Trinajstić information content (AvgIpc) is 2.74. The van der Waals surface area contributed by atoms with Gasteiger partial charge in [0.05, 0.1) is 5.57 Å². The minimum Gasteiger partial charge on any atom is -0.508 e. The van der Waals surface area contributed by atoms with E-state index in [1.54, 1.807) is 24.3 Å². The highest BCUT2D eigenvalue weighted by molar-refractivity contribution is 5.94. The number of phenolic OH excluding ortho intramolecular Hbond substituents is 1. The van der Waals surface area contributed by atoms with Gasteiger partial charge in [0.15, 0.2) is 0 Å². The number of phenols is 1. The molecule has 2 aromatic rings. The smallest absolute Gasteiger partial charge is 0.251 e. The normalized spacial score (nSPS) is 16.4. The molecule has 1 aliphatic rings. The van der Waals surface area contributed by atoms with Crippen molar-refractivity contribution in [3.05, 3.63) is 65.5 Å². The number of amides is 1. The molecule has 0 aromatic heterocycles. The number of anilines is 2. The fourth-order valence-electron chi connectivity index (χ4n) is 3.44. The highest BCUT2D eigenvalue weighted by atomic mass is 16.3. The molecule has 0 aliphatic carbocycles. The number of likely N-dealkylation sites (N-methyl/N-ethyl adjacent to an activating group) is 1. The van der Waals surface area contributed by atoms with Crippen molar-refractivity contribution in [2.24, 2.45) is 17.2 Å². The molecule has 1 saturated heterocycles. The molecule has 0 radical (unpaired) electrons. The van der Waals surface area contributed by atoms with E-state index in [0.717, 1.165) is 43.1 Å². The van der Waals surface area contributed by atoms with Crippen molar-refractivity contribution in [1.82, 2.24) is 10.2 Å². The number of piperazine rings is 1. The van der Waals surface area contributed by atoms with E-state index < -0.39 is 12.1 Å². The molecule has 1 unspecified atom stereocenters. The molecule has 166 valence electrons. The number of carbonyl (C=O) groups excluding carboxylic acids is 1. The monoisotopic (exact) mass is 425 g/mol. The zero-order chi connectivity index (χ0) is 22.4. The molecule has 9 nitrogen and oxygen atoms in total. The third-order valence-electron chi connectivity index (χ3n) is 5.34. The summed E-state index contributed by atoms with van der Waals surface area (Å²) in [5.41, 5.74) is 20.7. The maximum absolute atomic E-state index is 12.0. The molecule has 1 amide bonds. The lowest BCUT2D eigenvalue weighted by Gasteiger charge is -2.34. The molecule has 1 fully saturated rings. The summed E-state index contributed by atoms with van der Waals surface area (Å²) < 4.78 is 0. The number of hydrogen-bond acceptors (Lipinski definition) is 8. The van der Waals surface area contributed by atoms with E-state index in [9.17, 15) is 9.90 Å². The van der Waals surface area contributed by atoms with Gasteiger partial charge in [-0.3, -0.25) is 4.79 Å². The van der Waals surface area contributed by atoms with Crippen LogP contribution in [0.5, 0.6) is 5.75 Å². The number of hydrogen-bond donors (Lipinski definition) is 6. The predicted octanol–water partition coefficient (Wildman–Crippen LogP) is 0.286. The van der Waals surface area contributed by atoms with Crippen LogP contribution in [0.1, 0.15) is 5.56 Å². The lowest BCUT2D eigenvalue weighted by molar-refractivity contribution is -0.114. The Morgan fingerprint density at radius 3 is 2.23 bits per heavy atom. The van der Waals surface area contributed by atoms with E-state index in [1.807, 2.05) is 24.3 Å². The summed E-state index contributed by atoms with van der Waals surface area (Å²) in [6.45, 7) is 4.40. The zero-order valence-corrected chi connectivity index (χ0v) is 17.7. The molecule has 1 heterocycles. The highest BCUT2D eigenvalue weighted by Gasteiger charge is 2.20. The van der Waals surface area contributed by atoms with Crippen LogP contribution in [0.15, 0.2) is 59.9 Å². The first-order valence-corrected chi connectivity index (χ1v) is 10.2. The maximum Gasteiger partial charge on any atom is 0.251 e. The molecule has 3 rings (SSSR count). The summed E-state index contributed by atoms with van der Waals surface area (Å²) in [5, 5.41) is 15.4. The largest absolute Gasteiger partial charge is 0.508 e. The number of aromatic hydroxyl groups is 1. The number of primary amides is 1. The molecule has 2 aromatic carbocycles. The van der Waals surface area contributed by atoms with Crippen LogP contribution in [0, 0.1) is 0 Å². The van der Waals surface area contributed by atoms with Gasteiger partial charge >= 0.3 is 0 Å². The van der Waals surface area contributed by atoms with Crippen LogP contribution in [0.4, 0.5) is 11.4 Å². The summed E-state index contributed by atoms with van der Waals surface area (Å²) in [6, 6.07) is 14.6. The van der Waals surface area contributed by atoms with Gasteiger partial charge in [0, 0.05) is 44.1 Å². The molecule has 0 saturated carbocycles. The number of benzene rings is 2. The van der Waals surface area contributed by atoms with Gasteiger partial charge in [0.1, 0.15) is 17.7 Å². The molecule has 1 atom stereocenters. The SMILES string of the molecule is CN1CCN(c2ccc(NC(N)/C(C(N)=O)=C(\N)NCc3ccc(O)cc3)cc2)CC1. The van der Waals surface area contributed by atoms with E-state index in [-0.39, 0.29) is 17.1 Å². The first-order valence-electron chi connectivity index (χ1n) is 10.2. The number of nitrogens with one attached hydrogen (secondary N) is 2. The molecular formula is C22H31N7O2. The standard InChI is InChI=1S/C22H31N7O2/c1-28-10-12-29(13-11-28)17-6-4-16(5-7-17)27-21(24)19(22(25)31)20(23)26-14-15-2-8-18(30)9-3-15/h2-9,21,26-27,30H,10-14,23-24H2,1H3,(H2,25,31)/b20-19-. The average molecular weight is 426 g/mol. The first-order chi connectivity index (χ1) is 14.8. The number of nitrogens with zero attached hydrogens (tertiary/aromatic N) is 2. The molecule has 31 heavy (non-hydrogen) atoms. The molecule has 9 N–H and O–H groups in total. The van der Waals surface area contributed by atoms with Crippen molar-refractivity contribution in [3.63, 3.8) is 0 Å². The fraction of sp³-hybridized carbons (Fsp3) is 0.318. The van der Waals surface area contributed by atoms with E-state index in [4.69, 9.17) is 17.2 Å². The van der Waals surface area contributed by atoms with Crippen molar-refractivity contribution < 1.29 is 9.90 Å². The Balaban J connectivity index is 1.64. The van der Waals surface area contributed by atoms with Crippen molar-refractivity contribution in [3.8, 4) is 5.75 Å². The van der Waals surface area contributed by atoms with Crippen LogP contribution < -0.4 is 32.7 Å². The summed E-state index contributed by atoms with van der Waals surface area (Å²) in [7, 11) is 2.13. The Bertz CT molecular complexity index is 904. The second-order valence-electron chi connectivity index (χ2n) is 7.67. The van der Waals surface area contributed by atoms with Gasteiger partial charge in [-0.25, -0.2) is 0 Å². The van der Waals surface area contributed by atoms with Crippen molar-refractivity contribution in [1.29, 1.82) is 0 Å². The maximum atomic E-state index is 12.0. The van der Waals surface area contributed by atoms with Gasteiger partial charge < -0.3 is 42.7 Å². The van der Waals surface area contributed by atoms with Crippen LogP contribution in [0.25, 0.3) is 0 Å². The summed E-state index contributed by atoms with van der Waals surface area (Å²) in [4.78, 5) is 16.6. The van der Waals surface area contributed by atoms with Crippen molar-refractivity contribution in [2.45, 2.75) is 12.7 Å². The fourth-order valence-corrected chi connectivity index (χ4v) is 3.44. The van der Waals surface area contributed by atoms with Gasteiger partial charge in [0.2, 0.25) is 0 Å². The molecule has 0 spiro atoms. The Labute approximate surface area is 182 Å². The third kappa shape index (κ3) is 6.03. The van der Waals surface area contributed by atoms with E-state index in [1.165, 1.54) is 0 Å². The Morgan fingerprint density at radius 2 is 1.65 bits per heavy atom. The van der Waals surface area contributed by atoms with Crippen LogP contribution in [0.3, 0.4) is 0 Å². The van der Waals surface area contributed by atoms with Gasteiger partial charge in [-0.05, 0) is 49.0 Å². The molecule has 1 aliphatic heterocycles. The van der Waals surface area contributed by atoms with Gasteiger partial charge in [-0.1, -0.05) is 12.1 Å². The van der Waals surface area contributed by atoms with Crippen molar-refractivity contribution in [2.75, 3.05) is 43.4 Å². The zero-order valence-electron chi connectivity index (χ0n) is 17.7. The van der Waals surface area contributed by atoms with E-state index in [2.05, 4.69) is 27.5 Å². The predicted molar refractivity (Wildman–Crippen MR) is 123 cm³/mol. The minimum absolute atomic E-state index is 0.0712. The number of carbonyl (C=O) groups is 1. The van der Waals surface area contributed by atoms with Crippen LogP contribution in [-0.2, 0) is 11.3 Å². The van der Waals surface area contributed by atoms with Gasteiger partial charge in [-0.15, -0.1) is 0 Å². The molecule has 0 bridgehead atoms. The van der Waals surface area contributed by atoms with Crippen LogP contribution >= 0.6 is 0 Å². The summed E-state index contributed by atoms with van der Waals surface area (Å²) in [6.07, 6.45) is -0.876. The summed E-state index contributed by atoms with van der Waals surface area (Å²) in [5.74, 6) is -0.422. The summed E-state index contributed by atoms with van der Waals surface area (Å²) >= 11 is 0. The number of nitrogens with two attached hydrogens (primary N) is 3. The lowest BCUT2D eigenvalue weighted by atomic mass is 10.1. The lowest BCUT2D eigenvalue weighted by Crippen LogP contribution is -2.44. The van der Waals surface area contributed by atoms with Crippen molar-refractivity contribution >= 4 is 17.3 Å². The highest BCUT2D eigenvalue weighted by Crippen LogP contribution is 2.20. The first kappa shape index (κ1) is 22.3. The minimum atomic E-state index is -0.876. The van der Waals surface area contributed by atoms with Gasteiger partial charge in [0.25, 0.3) is 5.91 Å². The van der Waals surface area contributed by atoms with Crippen LogP contribution in [0.2, 0.25) is 0 Å².